The molecule has 138 valence electrons. The van der Waals surface area contributed by atoms with Crippen LogP contribution < -0.4 is 10.1 Å². The van der Waals surface area contributed by atoms with E-state index in [-0.39, 0.29) is 5.91 Å². The van der Waals surface area contributed by atoms with Crippen molar-refractivity contribution in [2.45, 2.75) is 24.7 Å². The van der Waals surface area contributed by atoms with E-state index in [0.717, 1.165) is 30.6 Å². The first-order chi connectivity index (χ1) is 13.2. The standard InChI is InChI=1S/C22H22N2O3/c1-26-18-9-5-8-17(14-18)19-15-20(24-27-19)22(11-12-22)21(25)23-13-10-16-6-3-2-4-7-16/h2-9,14-15H,10-13H2,1H3,(H,23,25). The van der Waals surface area contributed by atoms with Gasteiger partial charge in [-0.25, -0.2) is 0 Å². The number of carbonyl (C=O) groups is 1. The Kier molecular flexibility index (Phi) is 4.67. The van der Waals surface area contributed by atoms with E-state index in [2.05, 4.69) is 22.6 Å². The van der Waals surface area contributed by atoms with Crippen LogP contribution >= 0.6 is 0 Å². The molecule has 1 saturated carbocycles. The van der Waals surface area contributed by atoms with Gasteiger partial charge in [0, 0.05) is 18.2 Å². The molecule has 1 aromatic heterocycles. The maximum Gasteiger partial charge on any atom is 0.232 e. The van der Waals surface area contributed by atoms with Gasteiger partial charge in [-0.3, -0.25) is 4.79 Å². The molecule has 0 saturated heterocycles. The van der Waals surface area contributed by atoms with Crippen LogP contribution in [0.1, 0.15) is 24.1 Å². The van der Waals surface area contributed by atoms with Crippen LogP contribution in [0.15, 0.2) is 65.2 Å². The number of rotatable bonds is 7. The van der Waals surface area contributed by atoms with Crippen molar-refractivity contribution in [3.8, 4) is 17.1 Å². The van der Waals surface area contributed by atoms with Gasteiger partial charge in [-0.05, 0) is 37.0 Å². The fraction of sp³-hybridized carbons (Fsp3) is 0.273. The minimum absolute atomic E-state index is 0.0314. The van der Waals surface area contributed by atoms with Gasteiger partial charge >= 0.3 is 0 Å². The number of nitrogens with one attached hydrogen (secondary N) is 1. The molecule has 4 rings (SSSR count). The Morgan fingerprint density at radius 2 is 1.96 bits per heavy atom. The molecule has 0 radical (unpaired) electrons. The summed E-state index contributed by atoms with van der Waals surface area (Å²) < 4.78 is 10.8. The average Bonchev–Trinajstić information content (AvgIpc) is 3.38. The van der Waals surface area contributed by atoms with Gasteiger partial charge in [-0.1, -0.05) is 47.6 Å². The van der Waals surface area contributed by atoms with E-state index < -0.39 is 5.41 Å². The molecule has 0 unspecified atom stereocenters. The lowest BCUT2D eigenvalue weighted by Gasteiger charge is -2.12. The van der Waals surface area contributed by atoms with Crippen LogP contribution in [0.25, 0.3) is 11.3 Å². The van der Waals surface area contributed by atoms with Crippen LogP contribution in [-0.2, 0) is 16.6 Å². The molecule has 27 heavy (non-hydrogen) atoms. The summed E-state index contributed by atoms with van der Waals surface area (Å²) in [6.07, 6.45) is 2.42. The zero-order valence-electron chi connectivity index (χ0n) is 15.3. The lowest BCUT2D eigenvalue weighted by Crippen LogP contribution is -2.36. The Labute approximate surface area is 158 Å². The number of carbonyl (C=O) groups excluding carboxylic acids is 1. The fourth-order valence-electron chi connectivity index (χ4n) is 3.27. The third-order valence-electron chi connectivity index (χ3n) is 5.08. The highest BCUT2D eigenvalue weighted by Gasteiger charge is 2.53. The second-order valence-corrected chi connectivity index (χ2v) is 6.88. The Balaban J connectivity index is 1.43. The molecule has 5 nitrogen and oxygen atoms in total. The number of nitrogens with zero attached hydrogens (tertiary/aromatic N) is 1. The lowest BCUT2D eigenvalue weighted by atomic mass is 10.00. The Bertz CT molecular complexity index is 929. The van der Waals surface area contributed by atoms with E-state index in [9.17, 15) is 4.79 Å². The minimum atomic E-state index is -0.544. The first-order valence-electron chi connectivity index (χ1n) is 9.15. The number of hydrogen-bond donors (Lipinski definition) is 1. The topological polar surface area (TPSA) is 64.4 Å². The summed E-state index contributed by atoms with van der Waals surface area (Å²) in [5.41, 5.74) is 2.26. The molecule has 2 aromatic carbocycles. The van der Waals surface area contributed by atoms with Gasteiger partial charge in [-0.2, -0.15) is 0 Å². The molecule has 0 bridgehead atoms. The van der Waals surface area contributed by atoms with Crippen LogP contribution in [0.3, 0.4) is 0 Å². The predicted octanol–water partition coefficient (Wildman–Crippen LogP) is 3.74. The van der Waals surface area contributed by atoms with E-state index >= 15 is 0 Å². The van der Waals surface area contributed by atoms with Gasteiger partial charge in [0.05, 0.1) is 18.2 Å². The molecule has 1 N–H and O–H groups in total. The summed E-state index contributed by atoms with van der Waals surface area (Å²) in [7, 11) is 1.63. The first kappa shape index (κ1) is 17.3. The monoisotopic (exact) mass is 362 g/mol. The second-order valence-electron chi connectivity index (χ2n) is 6.88. The van der Waals surface area contributed by atoms with Gasteiger partial charge in [0.25, 0.3) is 0 Å². The SMILES string of the molecule is COc1cccc(-c2cc(C3(C(=O)NCCc4ccccc4)CC3)no2)c1. The summed E-state index contributed by atoms with van der Waals surface area (Å²) in [6.45, 7) is 0.616. The molecule has 5 heteroatoms. The quantitative estimate of drug-likeness (QED) is 0.695. The van der Waals surface area contributed by atoms with Gasteiger partial charge < -0.3 is 14.6 Å². The zero-order valence-corrected chi connectivity index (χ0v) is 15.3. The molecule has 0 spiro atoms. The smallest absolute Gasteiger partial charge is 0.232 e. The van der Waals surface area contributed by atoms with E-state index in [1.807, 2.05) is 48.5 Å². The van der Waals surface area contributed by atoms with Crippen LogP contribution in [0.4, 0.5) is 0 Å². The summed E-state index contributed by atoms with van der Waals surface area (Å²) in [4.78, 5) is 12.8. The average molecular weight is 362 g/mol. The number of amides is 1. The summed E-state index contributed by atoms with van der Waals surface area (Å²) >= 11 is 0. The lowest BCUT2D eigenvalue weighted by molar-refractivity contribution is -0.123. The molecule has 0 aliphatic heterocycles. The molecule has 1 aliphatic carbocycles. The van der Waals surface area contributed by atoms with E-state index in [1.165, 1.54) is 5.56 Å². The number of methoxy groups -OCH3 is 1. The fourth-order valence-corrected chi connectivity index (χ4v) is 3.27. The van der Waals surface area contributed by atoms with E-state index in [4.69, 9.17) is 9.26 Å². The summed E-state index contributed by atoms with van der Waals surface area (Å²) in [6, 6.07) is 19.6. The normalized spacial score (nSPS) is 14.6. The van der Waals surface area contributed by atoms with Crippen molar-refractivity contribution < 1.29 is 14.1 Å². The zero-order chi connectivity index (χ0) is 18.7. The highest BCUT2D eigenvalue weighted by Crippen LogP contribution is 2.48. The molecule has 1 amide bonds. The van der Waals surface area contributed by atoms with Crippen LogP contribution in [0.5, 0.6) is 5.75 Å². The number of benzene rings is 2. The van der Waals surface area contributed by atoms with Gasteiger partial charge in [0.2, 0.25) is 5.91 Å². The van der Waals surface area contributed by atoms with Crippen LogP contribution in [0, 0.1) is 0 Å². The highest BCUT2D eigenvalue weighted by atomic mass is 16.5. The number of hydrogen-bond acceptors (Lipinski definition) is 4. The van der Waals surface area contributed by atoms with Gasteiger partial charge in [-0.15, -0.1) is 0 Å². The first-order valence-corrected chi connectivity index (χ1v) is 9.15. The number of ether oxygens (including phenoxy) is 1. The maximum absolute atomic E-state index is 12.8. The summed E-state index contributed by atoms with van der Waals surface area (Å²) in [5.74, 6) is 1.43. The third-order valence-corrected chi connectivity index (χ3v) is 5.08. The molecule has 3 aromatic rings. The van der Waals surface area contributed by atoms with E-state index in [0.29, 0.717) is 18.0 Å². The minimum Gasteiger partial charge on any atom is -0.497 e. The van der Waals surface area contributed by atoms with Crippen molar-refractivity contribution in [2.24, 2.45) is 0 Å². The Morgan fingerprint density at radius 1 is 1.15 bits per heavy atom. The van der Waals surface area contributed by atoms with E-state index in [1.54, 1.807) is 7.11 Å². The molecular weight excluding hydrogens is 340 g/mol. The van der Waals surface area contributed by atoms with Crippen molar-refractivity contribution >= 4 is 5.91 Å². The van der Waals surface area contributed by atoms with Crippen molar-refractivity contribution in [3.63, 3.8) is 0 Å². The summed E-state index contributed by atoms with van der Waals surface area (Å²) in [5, 5.41) is 7.25. The molecule has 1 aliphatic rings. The van der Waals surface area contributed by atoms with Crippen LogP contribution in [-0.4, -0.2) is 24.7 Å². The maximum atomic E-state index is 12.8. The van der Waals surface area contributed by atoms with Crippen molar-refractivity contribution in [1.82, 2.24) is 10.5 Å². The van der Waals surface area contributed by atoms with Gasteiger partial charge in [0.15, 0.2) is 5.76 Å². The van der Waals surface area contributed by atoms with Crippen LogP contribution in [0.2, 0.25) is 0 Å². The Morgan fingerprint density at radius 3 is 2.70 bits per heavy atom. The van der Waals surface area contributed by atoms with Crippen molar-refractivity contribution in [2.75, 3.05) is 13.7 Å². The molecule has 1 fully saturated rings. The third kappa shape index (κ3) is 3.58. The second kappa shape index (κ2) is 7.27. The Hall–Kier alpha value is -3.08. The molecule has 1 heterocycles. The molecule has 0 atom stereocenters. The highest BCUT2D eigenvalue weighted by molar-refractivity contribution is 5.91. The largest absolute Gasteiger partial charge is 0.497 e. The molecular formula is C22H22N2O3. The van der Waals surface area contributed by atoms with Gasteiger partial charge in [0.1, 0.15) is 5.75 Å². The number of aromatic nitrogens is 1. The predicted molar refractivity (Wildman–Crippen MR) is 103 cm³/mol. The van der Waals surface area contributed by atoms with Crippen molar-refractivity contribution in [3.05, 3.63) is 71.9 Å². The van der Waals surface area contributed by atoms with Crippen molar-refractivity contribution in [1.29, 1.82) is 0 Å².